The molecule has 1 fully saturated rings. The van der Waals surface area contributed by atoms with Crippen LogP contribution in [0.3, 0.4) is 0 Å². The van der Waals surface area contributed by atoms with Crippen molar-refractivity contribution in [2.75, 3.05) is 59.2 Å². The third-order valence-corrected chi connectivity index (χ3v) is 4.19. The molecule has 9 nitrogen and oxygen atoms in total. The van der Waals surface area contributed by atoms with Crippen LogP contribution in [-0.2, 0) is 23.8 Å². The Bertz CT molecular complexity index is 479. The van der Waals surface area contributed by atoms with Crippen LogP contribution in [0, 0.1) is 0 Å². The first-order valence-corrected chi connectivity index (χ1v) is 9.87. The van der Waals surface area contributed by atoms with Crippen LogP contribution in [0.15, 0.2) is 0 Å². The Morgan fingerprint density at radius 3 is 2.33 bits per heavy atom. The lowest BCUT2D eigenvalue weighted by molar-refractivity contribution is -0.142. The van der Waals surface area contributed by atoms with E-state index in [9.17, 15) is 13.2 Å². The van der Waals surface area contributed by atoms with Gasteiger partial charge in [0.2, 0.25) is 0 Å². The Morgan fingerprint density at radius 1 is 1.21 bits per heavy atom. The zero-order valence-corrected chi connectivity index (χ0v) is 15.7. The van der Waals surface area contributed by atoms with E-state index in [0.717, 1.165) is 6.26 Å². The second kappa shape index (κ2) is 10.1. The van der Waals surface area contributed by atoms with Gasteiger partial charge in [0.05, 0.1) is 12.9 Å². The second-order valence-corrected chi connectivity index (χ2v) is 7.22. The van der Waals surface area contributed by atoms with Crippen LogP contribution in [-0.4, -0.2) is 95.9 Å². The normalized spacial score (nSPS) is 19.1. The van der Waals surface area contributed by atoms with E-state index in [4.69, 9.17) is 13.7 Å². The highest BCUT2D eigenvalue weighted by Crippen LogP contribution is 2.08. The van der Waals surface area contributed by atoms with Crippen LogP contribution in [0.2, 0.25) is 0 Å². The van der Waals surface area contributed by atoms with Crippen molar-refractivity contribution in [1.82, 2.24) is 15.1 Å². The highest BCUT2D eigenvalue weighted by Gasteiger charge is 2.25. The zero-order chi connectivity index (χ0) is 18.2. The van der Waals surface area contributed by atoms with Crippen molar-refractivity contribution in [3.63, 3.8) is 0 Å². The summed E-state index contributed by atoms with van der Waals surface area (Å²) in [7, 11) is -1.99. The Morgan fingerprint density at radius 2 is 1.83 bits per heavy atom. The molecule has 0 aromatic carbocycles. The number of hydrogen-bond donors (Lipinski definition) is 1. The van der Waals surface area contributed by atoms with E-state index in [1.54, 1.807) is 18.9 Å². The molecule has 1 heterocycles. The van der Waals surface area contributed by atoms with Gasteiger partial charge in [-0.05, 0) is 13.8 Å². The number of carbonyl (C=O) groups excluding carboxylic acids is 1. The topological polar surface area (TPSA) is 97.4 Å². The maximum Gasteiger partial charge on any atom is 0.317 e. The van der Waals surface area contributed by atoms with Crippen LogP contribution in [0.4, 0.5) is 4.79 Å². The first-order chi connectivity index (χ1) is 11.2. The number of nitrogens with one attached hydrogen (secondary N) is 1. The maximum absolute atomic E-state index is 11.6. The molecule has 0 spiro atoms. The van der Waals surface area contributed by atoms with Gasteiger partial charge in [-0.15, -0.1) is 0 Å². The zero-order valence-electron chi connectivity index (χ0n) is 14.9. The quantitative estimate of drug-likeness (QED) is 0.441. The third kappa shape index (κ3) is 8.25. The highest BCUT2D eigenvalue weighted by atomic mass is 32.2. The molecule has 0 aliphatic carbocycles. The van der Waals surface area contributed by atoms with Crippen LogP contribution in [0.5, 0.6) is 0 Å². The number of amides is 2. The molecular weight excluding hydrogens is 338 g/mol. The molecule has 1 saturated heterocycles. The van der Waals surface area contributed by atoms with Crippen molar-refractivity contribution in [3.8, 4) is 0 Å². The van der Waals surface area contributed by atoms with E-state index < -0.39 is 22.5 Å². The molecule has 2 atom stereocenters. The highest BCUT2D eigenvalue weighted by molar-refractivity contribution is 7.86. The van der Waals surface area contributed by atoms with Crippen molar-refractivity contribution in [2.45, 2.75) is 26.2 Å². The molecule has 1 aliphatic rings. The van der Waals surface area contributed by atoms with Gasteiger partial charge < -0.3 is 19.7 Å². The molecule has 1 aliphatic heterocycles. The van der Waals surface area contributed by atoms with Crippen LogP contribution < -0.4 is 5.32 Å². The Balaban J connectivity index is 2.51. The molecule has 0 saturated carbocycles. The van der Waals surface area contributed by atoms with Gasteiger partial charge in [0.1, 0.15) is 6.10 Å². The number of carbonyl (C=O) groups is 1. The van der Waals surface area contributed by atoms with Crippen molar-refractivity contribution in [2.24, 2.45) is 0 Å². The predicted molar refractivity (Wildman–Crippen MR) is 89.2 cm³/mol. The number of ether oxygens (including phenoxy) is 2. The van der Waals surface area contributed by atoms with Gasteiger partial charge >= 0.3 is 6.03 Å². The van der Waals surface area contributed by atoms with E-state index in [2.05, 4.69) is 10.2 Å². The second-order valence-electron chi connectivity index (χ2n) is 5.62. The number of urea groups is 1. The van der Waals surface area contributed by atoms with Gasteiger partial charge in [-0.2, -0.15) is 8.42 Å². The monoisotopic (exact) mass is 367 g/mol. The molecule has 0 aromatic rings. The SMILES string of the molecule is CCOC(C)OCC(CN1CCN(C(=O)NC)CC1)OS(C)(=O)=O. The summed E-state index contributed by atoms with van der Waals surface area (Å²) in [6.45, 7) is 7.12. The average Bonchev–Trinajstić information content (AvgIpc) is 2.51. The maximum atomic E-state index is 11.6. The van der Waals surface area contributed by atoms with Gasteiger partial charge in [-0.3, -0.25) is 9.08 Å². The first-order valence-electron chi connectivity index (χ1n) is 8.05. The number of hydrogen-bond acceptors (Lipinski definition) is 7. The molecule has 0 bridgehead atoms. The summed E-state index contributed by atoms with van der Waals surface area (Å²) in [6, 6.07) is -0.104. The molecule has 0 radical (unpaired) electrons. The molecular formula is C14H29N3O6S. The fraction of sp³-hybridized carbons (Fsp3) is 0.929. The Labute approximate surface area is 144 Å². The molecule has 2 amide bonds. The fourth-order valence-electron chi connectivity index (χ4n) is 2.46. The van der Waals surface area contributed by atoms with Crippen LogP contribution in [0.25, 0.3) is 0 Å². The third-order valence-electron chi connectivity index (χ3n) is 3.56. The Kier molecular flexibility index (Phi) is 8.92. The van der Waals surface area contributed by atoms with E-state index in [-0.39, 0.29) is 12.6 Å². The number of nitrogens with zero attached hydrogens (tertiary/aromatic N) is 2. The van der Waals surface area contributed by atoms with E-state index in [1.165, 1.54) is 0 Å². The van der Waals surface area contributed by atoms with Crippen molar-refractivity contribution in [1.29, 1.82) is 0 Å². The summed E-state index contributed by atoms with van der Waals surface area (Å²) in [5.41, 5.74) is 0. The predicted octanol–water partition coefficient (Wildman–Crippen LogP) is -0.313. The van der Waals surface area contributed by atoms with Gasteiger partial charge in [0.25, 0.3) is 10.1 Å². The summed E-state index contributed by atoms with van der Waals surface area (Å²) in [5.74, 6) is 0. The molecule has 24 heavy (non-hydrogen) atoms. The fourth-order valence-corrected chi connectivity index (χ4v) is 3.07. The molecule has 1 rings (SSSR count). The minimum Gasteiger partial charge on any atom is -0.353 e. The minimum atomic E-state index is -3.58. The lowest BCUT2D eigenvalue weighted by atomic mass is 10.2. The standard InChI is InChI=1S/C14H29N3O6S/c1-5-21-12(2)22-11-13(23-24(4,19)20)10-16-6-8-17(9-7-16)14(18)15-3/h12-13H,5-11H2,1-4H3,(H,15,18). The Hall–Kier alpha value is -0.940. The van der Waals surface area contributed by atoms with Crippen LogP contribution in [0.1, 0.15) is 13.8 Å². The van der Waals surface area contributed by atoms with Gasteiger partial charge in [0.15, 0.2) is 6.29 Å². The van der Waals surface area contributed by atoms with Crippen LogP contribution >= 0.6 is 0 Å². The average molecular weight is 367 g/mol. The number of rotatable bonds is 9. The molecule has 1 N–H and O–H groups in total. The van der Waals surface area contributed by atoms with Gasteiger partial charge in [0, 0.05) is 46.4 Å². The van der Waals surface area contributed by atoms with E-state index >= 15 is 0 Å². The summed E-state index contributed by atoms with van der Waals surface area (Å²) in [6.07, 6.45) is -0.0182. The number of piperazine rings is 1. The molecule has 0 aromatic heterocycles. The van der Waals surface area contributed by atoms with Crippen molar-refractivity contribution < 1.29 is 26.9 Å². The van der Waals surface area contributed by atoms with Crippen molar-refractivity contribution in [3.05, 3.63) is 0 Å². The molecule has 142 valence electrons. The molecule has 10 heteroatoms. The lowest BCUT2D eigenvalue weighted by Gasteiger charge is -2.35. The first kappa shape index (κ1) is 21.1. The largest absolute Gasteiger partial charge is 0.353 e. The minimum absolute atomic E-state index is 0.104. The summed E-state index contributed by atoms with van der Waals surface area (Å²) in [4.78, 5) is 15.4. The summed E-state index contributed by atoms with van der Waals surface area (Å²) < 4.78 is 38.8. The smallest absolute Gasteiger partial charge is 0.317 e. The van der Waals surface area contributed by atoms with Gasteiger partial charge in [-0.1, -0.05) is 0 Å². The van der Waals surface area contributed by atoms with Crippen molar-refractivity contribution >= 4 is 16.1 Å². The molecule has 2 unspecified atom stereocenters. The summed E-state index contributed by atoms with van der Waals surface area (Å²) >= 11 is 0. The van der Waals surface area contributed by atoms with Gasteiger partial charge in [-0.25, -0.2) is 4.79 Å². The lowest BCUT2D eigenvalue weighted by Crippen LogP contribution is -2.53. The summed E-state index contributed by atoms with van der Waals surface area (Å²) in [5, 5.41) is 2.60. The van der Waals surface area contributed by atoms with E-state index in [0.29, 0.717) is 39.3 Å². The van der Waals surface area contributed by atoms with E-state index in [1.807, 2.05) is 6.92 Å².